The first-order valence-electron chi connectivity index (χ1n) is 16.0. The molecule has 0 unspecified atom stereocenters. The first-order valence-corrected chi connectivity index (χ1v) is 18.3. The van der Waals surface area contributed by atoms with Crippen molar-refractivity contribution in [3.05, 3.63) is 126 Å². The Morgan fingerprint density at radius 2 is 1.07 bits per heavy atom. The van der Waals surface area contributed by atoms with E-state index >= 15 is 0 Å². The third-order valence-corrected chi connectivity index (χ3v) is 10.5. The molecule has 308 valence electrons. The molecule has 58 heavy (non-hydrogen) atoms. The molecule has 0 aliphatic rings. The highest BCUT2D eigenvalue weighted by atomic mass is 32.2. The van der Waals surface area contributed by atoms with E-state index in [1.54, 1.807) is 13.8 Å². The number of hydrogen-bond acceptors (Lipinski definition) is 9. The van der Waals surface area contributed by atoms with E-state index in [2.05, 4.69) is 9.98 Å². The van der Waals surface area contributed by atoms with Gasteiger partial charge in [0.1, 0.15) is 4.90 Å². The number of benzene rings is 4. The maximum absolute atomic E-state index is 12.9. The summed E-state index contributed by atoms with van der Waals surface area (Å²) in [5, 5.41) is 22.9. The van der Waals surface area contributed by atoms with Crippen LogP contribution in [0, 0.1) is 20.2 Å². The number of aliphatic imine (C=N–C) groups is 2. The number of nitrogens with two attached hydrogens (primary N) is 4. The van der Waals surface area contributed by atoms with E-state index in [9.17, 15) is 64.6 Å². The lowest BCUT2D eigenvalue weighted by Gasteiger charge is -2.11. The monoisotopic (exact) mass is 856 g/mol. The van der Waals surface area contributed by atoms with Gasteiger partial charge in [0.15, 0.2) is 11.9 Å². The Bertz CT molecular complexity index is 2420. The summed E-state index contributed by atoms with van der Waals surface area (Å²) in [5.41, 5.74) is 17.7. The van der Waals surface area contributed by atoms with Crippen molar-refractivity contribution in [2.24, 2.45) is 32.9 Å². The molecule has 0 saturated heterocycles. The van der Waals surface area contributed by atoms with Gasteiger partial charge in [0.05, 0.1) is 41.9 Å². The van der Waals surface area contributed by atoms with Crippen molar-refractivity contribution < 1.29 is 54.2 Å². The Morgan fingerprint density at radius 1 is 0.672 bits per heavy atom. The molecule has 0 fully saturated rings. The number of carbonyl (C=O) groups excluding carboxylic acids is 2. The highest BCUT2D eigenvalue weighted by Crippen LogP contribution is 2.39. The van der Waals surface area contributed by atoms with E-state index in [1.165, 1.54) is 18.2 Å². The average Bonchev–Trinajstić information content (AvgIpc) is 3.13. The molecule has 0 heterocycles. The van der Waals surface area contributed by atoms with Gasteiger partial charge in [0.2, 0.25) is 9.84 Å². The molecular weight excluding hydrogens is 827 g/mol. The number of carbonyl (C=O) groups is 2. The highest BCUT2D eigenvalue weighted by Gasteiger charge is 2.34. The van der Waals surface area contributed by atoms with Crippen LogP contribution in [0.2, 0.25) is 0 Å². The fourth-order valence-electron chi connectivity index (χ4n) is 4.93. The number of alkyl halides is 6. The van der Waals surface area contributed by atoms with Gasteiger partial charge in [-0.3, -0.25) is 29.8 Å². The number of sulfone groups is 1. The number of nitro benzene ring substituents is 2. The second-order valence-corrected chi connectivity index (χ2v) is 14.5. The Balaban J connectivity index is 0.000000311. The number of aryl methyl sites for hydroxylation is 2. The summed E-state index contributed by atoms with van der Waals surface area (Å²) in [5.74, 6) is -2.89. The molecule has 16 nitrogen and oxygen atoms in total. The molecule has 0 aromatic heterocycles. The van der Waals surface area contributed by atoms with Crippen molar-refractivity contribution in [2.75, 3.05) is 0 Å². The number of nitrogens with zero attached hydrogens (tertiary/aromatic N) is 4. The summed E-state index contributed by atoms with van der Waals surface area (Å²) < 4.78 is 102. The van der Waals surface area contributed by atoms with Crippen LogP contribution >= 0.6 is 11.8 Å². The minimum absolute atomic E-state index is 0.0145. The second-order valence-electron chi connectivity index (χ2n) is 11.5. The van der Waals surface area contributed by atoms with Crippen LogP contribution in [0.1, 0.15) is 56.8 Å². The van der Waals surface area contributed by atoms with Crippen molar-refractivity contribution in [3.8, 4) is 0 Å². The minimum atomic E-state index is -4.68. The maximum atomic E-state index is 12.9. The van der Waals surface area contributed by atoms with Crippen LogP contribution < -0.4 is 22.9 Å². The smallest absolute Gasteiger partial charge is 0.370 e. The molecule has 4 aromatic rings. The summed E-state index contributed by atoms with van der Waals surface area (Å²) in [6.45, 7) is 3.29. The number of guanidine groups is 2. The Morgan fingerprint density at radius 3 is 1.45 bits per heavy atom. The van der Waals surface area contributed by atoms with Crippen molar-refractivity contribution in [1.29, 1.82) is 0 Å². The SMILES string of the molecule is CCc1cc(S(=O)(=O)c2ccc(C(F)(F)F)cc2)c([N+](=O)[O-])cc1C(=O)N=C(N)N.CCc1cc(Sc2ccc(C(F)(F)F)cc2)c([N+](=O)[O-])cc1C(=O)N=C(N)N. The summed E-state index contributed by atoms with van der Waals surface area (Å²) in [4.78, 5) is 51.4. The third-order valence-electron chi connectivity index (χ3n) is 7.64. The minimum Gasteiger partial charge on any atom is -0.370 e. The normalized spacial score (nSPS) is 11.4. The van der Waals surface area contributed by atoms with Gasteiger partial charge in [-0.1, -0.05) is 25.6 Å². The van der Waals surface area contributed by atoms with Crippen LogP contribution in [0.25, 0.3) is 0 Å². The molecule has 2 amide bonds. The lowest BCUT2D eigenvalue weighted by molar-refractivity contribution is -0.388. The molecule has 0 aliphatic carbocycles. The van der Waals surface area contributed by atoms with Gasteiger partial charge in [-0.05, 0) is 84.6 Å². The number of halogens is 6. The first kappa shape index (κ1) is 45.8. The predicted molar refractivity (Wildman–Crippen MR) is 198 cm³/mol. The van der Waals surface area contributed by atoms with Gasteiger partial charge in [-0.15, -0.1) is 0 Å². The standard InChI is InChI=1S/C17H15F3N4O5S.C17H15F3N4O3S/c1-2-9-7-14(13(24(26)27)8-12(9)15(25)23-16(21)22)30(28,29)11-5-3-10(4-6-11)17(18,19)20;1-2-9-7-14(28-11-5-3-10(4-6-11)17(18,19)20)13(24(26)27)8-12(9)15(25)23-16(21)22/h3-8H,2H2,1H3,(H4,21,22,23,25);3-8H,2H2,1H3,(H4,21,22,23,25). The number of rotatable bonds is 10. The van der Waals surface area contributed by atoms with Gasteiger partial charge in [0, 0.05) is 17.0 Å². The molecule has 8 N–H and O–H groups in total. The molecule has 24 heteroatoms. The number of hydrogen-bond donors (Lipinski definition) is 4. The molecule has 0 aliphatic heterocycles. The Kier molecular flexibility index (Phi) is 14.3. The Labute approximate surface area is 328 Å². The van der Waals surface area contributed by atoms with E-state index in [4.69, 9.17) is 22.9 Å². The average molecular weight is 857 g/mol. The summed E-state index contributed by atoms with van der Waals surface area (Å²) in [7, 11) is -4.58. The highest BCUT2D eigenvalue weighted by molar-refractivity contribution is 7.99. The fourth-order valence-corrected chi connectivity index (χ4v) is 7.35. The molecule has 0 saturated carbocycles. The lowest BCUT2D eigenvalue weighted by atomic mass is 10.0. The zero-order chi connectivity index (χ0) is 43.9. The van der Waals surface area contributed by atoms with E-state index in [1.807, 2.05) is 0 Å². The fraction of sp³-hybridized carbons (Fsp3) is 0.176. The first-order chi connectivity index (χ1) is 26.8. The zero-order valence-electron chi connectivity index (χ0n) is 29.8. The van der Waals surface area contributed by atoms with Crippen molar-refractivity contribution in [3.63, 3.8) is 0 Å². The molecule has 4 aromatic carbocycles. The van der Waals surface area contributed by atoms with Crippen LogP contribution in [-0.2, 0) is 35.0 Å². The quantitative estimate of drug-likeness (QED) is 0.0457. The van der Waals surface area contributed by atoms with E-state index < -0.39 is 82.4 Å². The summed E-state index contributed by atoms with van der Waals surface area (Å²) >= 11 is 0.920. The van der Waals surface area contributed by atoms with Crippen LogP contribution in [0.3, 0.4) is 0 Å². The molecule has 0 bridgehead atoms. The van der Waals surface area contributed by atoms with E-state index in [0.717, 1.165) is 42.1 Å². The third kappa shape index (κ3) is 11.3. The molecular formula is C34H30F6N8O8S2. The summed E-state index contributed by atoms with van der Waals surface area (Å²) in [6, 6.07) is 10.9. The van der Waals surface area contributed by atoms with E-state index in [0.29, 0.717) is 41.1 Å². The zero-order valence-corrected chi connectivity index (χ0v) is 31.4. The van der Waals surface area contributed by atoms with Crippen molar-refractivity contribution in [1.82, 2.24) is 0 Å². The van der Waals surface area contributed by atoms with Crippen molar-refractivity contribution in [2.45, 2.75) is 58.6 Å². The lowest BCUT2D eigenvalue weighted by Crippen LogP contribution is -2.24. The second kappa shape index (κ2) is 18.1. The molecule has 0 atom stereocenters. The van der Waals surface area contributed by atoms with Gasteiger partial charge in [-0.2, -0.15) is 36.3 Å². The predicted octanol–water partition coefficient (Wildman–Crippen LogP) is 6.16. The van der Waals surface area contributed by atoms with Crippen LogP contribution in [0.4, 0.5) is 37.7 Å². The van der Waals surface area contributed by atoms with Gasteiger partial charge < -0.3 is 22.9 Å². The molecule has 0 radical (unpaired) electrons. The van der Waals surface area contributed by atoms with Gasteiger partial charge >= 0.3 is 12.4 Å². The maximum Gasteiger partial charge on any atom is 0.416 e. The summed E-state index contributed by atoms with van der Waals surface area (Å²) in [6.07, 6.45) is -8.71. The van der Waals surface area contributed by atoms with Crippen LogP contribution in [0.5, 0.6) is 0 Å². The van der Waals surface area contributed by atoms with Crippen LogP contribution in [0.15, 0.2) is 102 Å². The number of amides is 2. The van der Waals surface area contributed by atoms with Crippen LogP contribution in [-0.4, -0.2) is 42.0 Å². The van der Waals surface area contributed by atoms with Gasteiger partial charge in [0.25, 0.3) is 23.2 Å². The largest absolute Gasteiger partial charge is 0.416 e. The molecule has 0 spiro atoms. The Hall–Kier alpha value is -6.56. The van der Waals surface area contributed by atoms with Gasteiger partial charge in [-0.25, -0.2) is 8.42 Å². The number of nitro groups is 2. The van der Waals surface area contributed by atoms with E-state index in [-0.39, 0.29) is 33.7 Å². The topological polar surface area (TPSA) is 283 Å². The molecule has 4 rings (SSSR count). The van der Waals surface area contributed by atoms with Crippen molar-refractivity contribution >= 4 is 56.7 Å².